The molecule has 0 fully saturated rings. The van der Waals surface area contributed by atoms with Gasteiger partial charge in [0.2, 0.25) is 0 Å². The maximum atomic E-state index is 12.2. The lowest BCUT2D eigenvalue weighted by atomic mass is 10.0. The fourth-order valence-corrected chi connectivity index (χ4v) is 2.52. The second kappa shape index (κ2) is 8.36. The van der Waals surface area contributed by atoms with Gasteiger partial charge < -0.3 is 18.9 Å². The van der Waals surface area contributed by atoms with Gasteiger partial charge in [0.1, 0.15) is 6.61 Å². The second-order valence-electron chi connectivity index (χ2n) is 5.34. The average Bonchev–Trinajstić information content (AvgIpc) is 2.58. The lowest BCUT2D eigenvalue weighted by molar-refractivity contribution is -0.0126. The summed E-state index contributed by atoms with van der Waals surface area (Å²) in [4.78, 5) is 12.2. The molecule has 2 aromatic rings. The summed E-state index contributed by atoms with van der Waals surface area (Å²) in [5.74, 6) is 0.681. The standard InChI is InChI=1S/C19H22O5/c1-13-10-16(23-11-15-8-6-5-7-9-15)18(22-4)14(2)17(13)19(20)24-12-21-3/h5-10H,11-12H2,1-4H3. The van der Waals surface area contributed by atoms with Gasteiger partial charge in [0.15, 0.2) is 18.3 Å². The van der Waals surface area contributed by atoms with E-state index >= 15 is 0 Å². The van der Waals surface area contributed by atoms with Crippen LogP contribution in [-0.2, 0) is 16.1 Å². The normalized spacial score (nSPS) is 10.3. The zero-order valence-electron chi connectivity index (χ0n) is 14.4. The smallest absolute Gasteiger partial charge is 0.340 e. The van der Waals surface area contributed by atoms with E-state index in [0.717, 1.165) is 11.1 Å². The number of hydrogen-bond donors (Lipinski definition) is 0. The SMILES string of the molecule is COCOC(=O)c1c(C)cc(OCc2ccccc2)c(OC)c1C. The Bertz CT molecular complexity index is 695. The van der Waals surface area contributed by atoms with Gasteiger partial charge >= 0.3 is 5.97 Å². The highest BCUT2D eigenvalue weighted by atomic mass is 16.7. The zero-order valence-corrected chi connectivity index (χ0v) is 14.4. The van der Waals surface area contributed by atoms with Gasteiger partial charge in [-0.05, 0) is 31.0 Å². The summed E-state index contributed by atoms with van der Waals surface area (Å²) in [6.07, 6.45) is 0. The van der Waals surface area contributed by atoms with E-state index in [9.17, 15) is 4.79 Å². The van der Waals surface area contributed by atoms with Crippen LogP contribution in [0.25, 0.3) is 0 Å². The minimum absolute atomic E-state index is 0.0910. The first-order valence-corrected chi connectivity index (χ1v) is 7.59. The molecule has 24 heavy (non-hydrogen) atoms. The third-order valence-corrected chi connectivity index (χ3v) is 3.63. The minimum atomic E-state index is -0.445. The Kier molecular flexibility index (Phi) is 6.21. The van der Waals surface area contributed by atoms with Crippen LogP contribution >= 0.6 is 0 Å². The lowest BCUT2D eigenvalue weighted by Gasteiger charge is -2.17. The van der Waals surface area contributed by atoms with Crippen molar-refractivity contribution in [2.45, 2.75) is 20.5 Å². The van der Waals surface area contributed by atoms with Gasteiger partial charge in [-0.1, -0.05) is 30.3 Å². The molecule has 0 amide bonds. The molecule has 0 radical (unpaired) electrons. The summed E-state index contributed by atoms with van der Waals surface area (Å²) in [7, 11) is 3.02. The van der Waals surface area contributed by atoms with E-state index in [1.807, 2.05) is 44.2 Å². The van der Waals surface area contributed by atoms with E-state index in [2.05, 4.69) is 0 Å². The van der Waals surface area contributed by atoms with Crippen molar-refractivity contribution < 1.29 is 23.7 Å². The Morgan fingerprint density at radius 2 is 1.79 bits per heavy atom. The van der Waals surface area contributed by atoms with Crippen LogP contribution in [0, 0.1) is 13.8 Å². The monoisotopic (exact) mass is 330 g/mol. The van der Waals surface area contributed by atoms with Crippen LogP contribution in [0.1, 0.15) is 27.0 Å². The molecular formula is C19H22O5. The molecule has 0 aromatic heterocycles. The van der Waals surface area contributed by atoms with Crippen LogP contribution in [0.2, 0.25) is 0 Å². The van der Waals surface area contributed by atoms with Crippen LogP contribution in [0.3, 0.4) is 0 Å². The number of ether oxygens (including phenoxy) is 4. The molecule has 2 aromatic carbocycles. The van der Waals surface area contributed by atoms with Crippen LogP contribution in [0.15, 0.2) is 36.4 Å². The molecule has 0 aliphatic heterocycles. The first-order valence-electron chi connectivity index (χ1n) is 7.59. The number of benzene rings is 2. The summed E-state index contributed by atoms with van der Waals surface area (Å²) in [5.41, 5.74) is 2.97. The number of methoxy groups -OCH3 is 2. The largest absolute Gasteiger partial charge is 0.493 e. The third kappa shape index (κ3) is 4.06. The van der Waals surface area contributed by atoms with Gasteiger partial charge in [0.05, 0.1) is 12.7 Å². The molecular weight excluding hydrogens is 308 g/mol. The van der Waals surface area contributed by atoms with Crippen molar-refractivity contribution in [1.29, 1.82) is 0 Å². The Morgan fingerprint density at radius 3 is 2.42 bits per heavy atom. The predicted octanol–water partition coefficient (Wildman–Crippen LogP) is 3.65. The quantitative estimate of drug-likeness (QED) is 0.573. The topological polar surface area (TPSA) is 54.0 Å². The molecule has 0 aliphatic carbocycles. The van der Waals surface area contributed by atoms with E-state index in [1.54, 1.807) is 13.2 Å². The molecule has 0 saturated heterocycles. The first kappa shape index (κ1) is 17.8. The molecule has 5 nitrogen and oxygen atoms in total. The number of aryl methyl sites for hydroxylation is 1. The Balaban J connectivity index is 2.28. The minimum Gasteiger partial charge on any atom is -0.493 e. The van der Waals surface area contributed by atoms with Crippen LogP contribution in [-0.4, -0.2) is 27.0 Å². The highest BCUT2D eigenvalue weighted by molar-refractivity contribution is 5.94. The molecule has 0 atom stereocenters. The van der Waals surface area contributed by atoms with Gasteiger partial charge in [-0.25, -0.2) is 4.79 Å². The molecule has 0 aliphatic rings. The van der Waals surface area contributed by atoms with Crippen LogP contribution in [0.4, 0.5) is 0 Å². The van der Waals surface area contributed by atoms with Crippen molar-refractivity contribution in [2.75, 3.05) is 21.0 Å². The van der Waals surface area contributed by atoms with Gasteiger partial charge in [0, 0.05) is 12.7 Å². The maximum absolute atomic E-state index is 12.2. The van der Waals surface area contributed by atoms with Crippen LogP contribution < -0.4 is 9.47 Å². The summed E-state index contributed by atoms with van der Waals surface area (Å²) >= 11 is 0. The van der Waals surface area contributed by atoms with Crippen molar-refractivity contribution >= 4 is 5.97 Å². The molecule has 0 N–H and O–H groups in total. The van der Waals surface area contributed by atoms with Crippen LogP contribution in [0.5, 0.6) is 11.5 Å². The summed E-state index contributed by atoms with van der Waals surface area (Å²) < 4.78 is 21.2. The summed E-state index contributed by atoms with van der Waals surface area (Å²) in [6.45, 7) is 3.98. The summed E-state index contributed by atoms with van der Waals surface area (Å²) in [6, 6.07) is 11.6. The van der Waals surface area contributed by atoms with Gasteiger partial charge in [-0.2, -0.15) is 0 Å². The number of esters is 1. The van der Waals surface area contributed by atoms with Crippen molar-refractivity contribution in [3.05, 3.63) is 58.7 Å². The number of hydrogen-bond acceptors (Lipinski definition) is 5. The van der Waals surface area contributed by atoms with Crippen molar-refractivity contribution in [3.63, 3.8) is 0 Å². The van der Waals surface area contributed by atoms with Gasteiger partial charge in [0.25, 0.3) is 0 Å². The Morgan fingerprint density at radius 1 is 1.08 bits per heavy atom. The van der Waals surface area contributed by atoms with Gasteiger partial charge in [-0.15, -0.1) is 0 Å². The Labute approximate surface area is 142 Å². The fourth-order valence-electron chi connectivity index (χ4n) is 2.52. The third-order valence-electron chi connectivity index (χ3n) is 3.63. The van der Waals surface area contributed by atoms with E-state index < -0.39 is 5.97 Å². The molecule has 2 rings (SSSR count). The highest BCUT2D eigenvalue weighted by Gasteiger charge is 2.21. The van der Waals surface area contributed by atoms with E-state index in [0.29, 0.717) is 29.2 Å². The second-order valence-corrected chi connectivity index (χ2v) is 5.34. The molecule has 0 spiro atoms. The number of carbonyl (C=O) groups is 1. The molecule has 0 bridgehead atoms. The zero-order chi connectivity index (χ0) is 17.5. The molecule has 0 heterocycles. The first-order chi connectivity index (χ1) is 11.6. The molecule has 128 valence electrons. The predicted molar refractivity (Wildman–Crippen MR) is 90.5 cm³/mol. The molecule has 0 unspecified atom stereocenters. The number of rotatable bonds is 7. The highest BCUT2D eigenvalue weighted by Crippen LogP contribution is 2.36. The van der Waals surface area contributed by atoms with Crippen molar-refractivity contribution in [1.82, 2.24) is 0 Å². The number of carbonyl (C=O) groups excluding carboxylic acids is 1. The fraction of sp³-hybridized carbons (Fsp3) is 0.316. The molecule has 0 saturated carbocycles. The van der Waals surface area contributed by atoms with E-state index in [1.165, 1.54) is 7.11 Å². The summed E-state index contributed by atoms with van der Waals surface area (Å²) in [5, 5.41) is 0. The van der Waals surface area contributed by atoms with Crippen molar-refractivity contribution in [3.8, 4) is 11.5 Å². The Hall–Kier alpha value is -2.53. The maximum Gasteiger partial charge on any atom is 0.340 e. The van der Waals surface area contributed by atoms with Gasteiger partial charge in [-0.3, -0.25) is 0 Å². The van der Waals surface area contributed by atoms with E-state index in [4.69, 9.17) is 18.9 Å². The lowest BCUT2D eigenvalue weighted by Crippen LogP contribution is -2.12. The molecule has 5 heteroatoms. The van der Waals surface area contributed by atoms with Crippen molar-refractivity contribution in [2.24, 2.45) is 0 Å². The average molecular weight is 330 g/mol. The van der Waals surface area contributed by atoms with E-state index in [-0.39, 0.29) is 6.79 Å².